The van der Waals surface area contributed by atoms with Crippen LogP contribution >= 0.6 is 0 Å². The van der Waals surface area contributed by atoms with Gasteiger partial charge < -0.3 is 0 Å². The Balaban J connectivity index is 0.000000336. The van der Waals surface area contributed by atoms with Gasteiger partial charge >= 0.3 is 0 Å². The molecule has 0 heteroatoms. The summed E-state index contributed by atoms with van der Waals surface area (Å²) in [4.78, 5) is 0. The van der Waals surface area contributed by atoms with Crippen LogP contribution in [0.1, 0.15) is 58.6 Å². The van der Waals surface area contributed by atoms with E-state index in [0.717, 1.165) is 0 Å². The predicted octanol–water partition coefficient (Wildman–Crippen LogP) is 5.17. The van der Waals surface area contributed by atoms with E-state index in [1.807, 2.05) is 0 Å². The highest BCUT2D eigenvalue weighted by Gasteiger charge is 1.96. The first-order valence-corrected chi connectivity index (χ1v) is 5.76. The maximum Gasteiger partial charge on any atom is -0.0219 e. The van der Waals surface area contributed by atoms with Gasteiger partial charge in [0, 0.05) is 0 Å². The normalized spacial score (nSPS) is 10.9. The molecule has 0 N–H and O–H groups in total. The van der Waals surface area contributed by atoms with E-state index in [1.165, 1.54) is 11.1 Å². The Kier molecular flexibility index (Phi) is 5.64. The van der Waals surface area contributed by atoms with Crippen LogP contribution in [0.15, 0.2) is 24.3 Å². The average Bonchev–Trinajstić information content (AvgIpc) is 2.01. The first kappa shape index (κ1) is 14.2. The van der Waals surface area contributed by atoms with Crippen molar-refractivity contribution in [2.24, 2.45) is 5.41 Å². The molecule has 0 amide bonds. The smallest absolute Gasteiger partial charge is 0.0219 e. The van der Waals surface area contributed by atoms with Crippen molar-refractivity contribution in [2.75, 3.05) is 0 Å². The summed E-state index contributed by atoms with van der Waals surface area (Å²) in [5.41, 5.74) is 3.26. The van der Waals surface area contributed by atoms with Crippen LogP contribution in [-0.2, 0) is 0 Å². The van der Waals surface area contributed by atoms with Crippen molar-refractivity contribution >= 4 is 0 Å². The first-order chi connectivity index (χ1) is 6.70. The molecule has 0 bridgehead atoms. The summed E-state index contributed by atoms with van der Waals surface area (Å²) >= 11 is 0. The van der Waals surface area contributed by atoms with Gasteiger partial charge in [-0.25, -0.2) is 0 Å². The highest BCUT2D eigenvalue weighted by Crippen LogP contribution is 2.13. The monoisotopic (exact) mass is 206 g/mol. The number of aryl methyl sites for hydroxylation is 1. The molecule has 0 aromatic heterocycles. The summed E-state index contributed by atoms with van der Waals surface area (Å²) in [6, 6.07) is 8.71. The topological polar surface area (TPSA) is 0 Å². The maximum absolute atomic E-state index is 2.21. The third kappa shape index (κ3) is 9.52. The summed E-state index contributed by atoms with van der Waals surface area (Å²) in [6.07, 6.45) is 0. The molecule has 0 saturated carbocycles. The molecule has 0 saturated heterocycles. The Morgan fingerprint density at radius 2 is 1.20 bits per heavy atom. The molecule has 0 fully saturated rings. The second-order valence-corrected chi connectivity index (χ2v) is 6.07. The first-order valence-electron chi connectivity index (χ1n) is 5.76. The lowest BCUT2D eigenvalue weighted by atomic mass is 10.0. The zero-order valence-electron chi connectivity index (χ0n) is 11.4. The fraction of sp³-hybridized carbons (Fsp3) is 0.600. The second-order valence-electron chi connectivity index (χ2n) is 6.07. The van der Waals surface area contributed by atoms with Gasteiger partial charge in [-0.2, -0.15) is 0 Å². The van der Waals surface area contributed by atoms with Gasteiger partial charge in [-0.1, -0.05) is 71.4 Å². The third-order valence-corrected chi connectivity index (χ3v) is 1.74. The van der Waals surface area contributed by atoms with Crippen molar-refractivity contribution in [3.8, 4) is 0 Å². The van der Waals surface area contributed by atoms with Crippen LogP contribution in [-0.4, -0.2) is 0 Å². The number of rotatable bonds is 1. The maximum atomic E-state index is 2.21. The van der Waals surface area contributed by atoms with Gasteiger partial charge in [-0.3, -0.25) is 0 Å². The van der Waals surface area contributed by atoms with E-state index in [2.05, 4.69) is 72.7 Å². The van der Waals surface area contributed by atoms with Crippen molar-refractivity contribution in [1.82, 2.24) is 0 Å². The molecule has 0 unspecified atom stereocenters. The second kappa shape index (κ2) is 5.95. The van der Waals surface area contributed by atoms with Gasteiger partial charge in [-0.15, -0.1) is 0 Å². The average molecular weight is 206 g/mol. The molecule has 0 nitrogen and oxygen atoms in total. The van der Waals surface area contributed by atoms with Crippen LogP contribution in [0.4, 0.5) is 0 Å². The molecular weight excluding hydrogens is 180 g/mol. The van der Waals surface area contributed by atoms with Gasteiger partial charge in [0.25, 0.3) is 0 Å². The molecule has 0 atom stereocenters. The number of hydrogen-bond donors (Lipinski definition) is 0. The minimum Gasteiger partial charge on any atom is -0.0604 e. The van der Waals surface area contributed by atoms with E-state index in [-0.39, 0.29) is 0 Å². The standard InChI is InChI=1S/C10H14.C5H12/c1-8(2)10-6-4-9(3)5-7-10;1-5(2,3)4/h4-8H,1-3H3;1-4H3. The van der Waals surface area contributed by atoms with Crippen LogP contribution in [0, 0.1) is 12.3 Å². The Hall–Kier alpha value is -0.780. The van der Waals surface area contributed by atoms with Crippen molar-refractivity contribution in [3.63, 3.8) is 0 Å². The highest BCUT2D eigenvalue weighted by atomic mass is 14.0. The van der Waals surface area contributed by atoms with Crippen LogP contribution in [0.5, 0.6) is 0 Å². The molecule has 1 rings (SSSR count). The van der Waals surface area contributed by atoms with E-state index in [4.69, 9.17) is 0 Å². The Morgan fingerprint density at radius 3 is 1.47 bits per heavy atom. The third-order valence-electron chi connectivity index (χ3n) is 1.74. The van der Waals surface area contributed by atoms with Gasteiger partial charge in [-0.05, 0) is 23.8 Å². The van der Waals surface area contributed by atoms with Crippen molar-refractivity contribution in [1.29, 1.82) is 0 Å². The quantitative estimate of drug-likeness (QED) is 0.594. The SMILES string of the molecule is CC(C)(C)C.Cc1ccc(C(C)C)cc1. The lowest BCUT2D eigenvalue weighted by Crippen LogP contribution is -1.93. The van der Waals surface area contributed by atoms with Gasteiger partial charge in [0.15, 0.2) is 0 Å². The summed E-state index contributed by atoms with van der Waals surface area (Å²) in [6.45, 7) is 15.3. The van der Waals surface area contributed by atoms with E-state index < -0.39 is 0 Å². The zero-order chi connectivity index (χ0) is 12.1. The molecule has 86 valence electrons. The number of hydrogen-bond acceptors (Lipinski definition) is 0. The summed E-state index contributed by atoms with van der Waals surface area (Å²) in [5.74, 6) is 0.653. The zero-order valence-corrected chi connectivity index (χ0v) is 11.4. The van der Waals surface area contributed by atoms with Crippen molar-refractivity contribution in [2.45, 2.75) is 54.4 Å². The minimum absolute atomic E-state index is 0.500. The fourth-order valence-electron chi connectivity index (χ4n) is 0.951. The largest absolute Gasteiger partial charge is 0.0604 e. The molecule has 0 aliphatic carbocycles. The Bertz CT molecular complexity index is 253. The molecule has 0 heterocycles. The predicted molar refractivity (Wildman–Crippen MR) is 70.4 cm³/mol. The highest BCUT2D eigenvalue weighted by molar-refractivity contribution is 5.23. The molecule has 1 aromatic rings. The molecule has 0 aliphatic rings. The van der Waals surface area contributed by atoms with E-state index >= 15 is 0 Å². The molecule has 0 radical (unpaired) electrons. The van der Waals surface area contributed by atoms with Crippen molar-refractivity contribution in [3.05, 3.63) is 35.4 Å². The van der Waals surface area contributed by atoms with Crippen LogP contribution in [0.2, 0.25) is 0 Å². The molecule has 1 aromatic carbocycles. The van der Waals surface area contributed by atoms with Crippen LogP contribution < -0.4 is 0 Å². The van der Waals surface area contributed by atoms with Gasteiger partial charge in [0.1, 0.15) is 0 Å². The fourth-order valence-corrected chi connectivity index (χ4v) is 0.951. The van der Waals surface area contributed by atoms with Crippen LogP contribution in [0.25, 0.3) is 0 Å². The minimum atomic E-state index is 0.500. The molecule has 0 aliphatic heterocycles. The van der Waals surface area contributed by atoms with E-state index in [9.17, 15) is 0 Å². The lowest BCUT2D eigenvalue weighted by molar-refractivity contribution is 0.469. The van der Waals surface area contributed by atoms with Crippen molar-refractivity contribution < 1.29 is 0 Å². The summed E-state index contributed by atoms with van der Waals surface area (Å²) in [5, 5.41) is 0. The molecule has 0 spiro atoms. The Morgan fingerprint density at radius 1 is 0.867 bits per heavy atom. The lowest BCUT2D eigenvalue weighted by Gasteiger charge is -2.05. The molecule has 15 heavy (non-hydrogen) atoms. The van der Waals surface area contributed by atoms with Gasteiger partial charge in [0.2, 0.25) is 0 Å². The van der Waals surface area contributed by atoms with Crippen LogP contribution in [0.3, 0.4) is 0 Å². The van der Waals surface area contributed by atoms with E-state index in [0.29, 0.717) is 11.3 Å². The number of benzene rings is 1. The summed E-state index contributed by atoms with van der Waals surface area (Å²) < 4.78 is 0. The van der Waals surface area contributed by atoms with Gasteiger partial charge in [0.05, 0.1) is 0 Å². The molecular formula is C15H26. The van der Waals surface area contributed by atoms with E-state index in [1.54, 1.807) is 0 Å². The Labute approximate surface area is 95.7 Å². The summed E-state index contributed by atoms with van der Waals surface area (Å²) in [7, 11) is 0.